The number of hydrogen-bond acceptors (Lipinski definition) is 2. The standard InChI is InChI=1S/C21H18O3/c1-13-11-18(14(2)21(23)24)17-10-6-9-16(19(17)20(13)22)12-15-7-4-3-5-8-15/h3-11,22H,2,12H2,1H3,(H,23,24). The minimum atomic E-state index is -1.06. The minimum Gasteiger partial charge on any atom is -0.507 e. The molecule has 3 aromatic rings. The predicted molar refractivity (Wildman–Crippen MR) is 96.3 cm³/mol. The van der Waals surface area contributed by atoms with Gasteiger partial charge in [0.15, 0.2) is 0 Å². The Kier molecular flexibility index (Phi) is 4.09. The number of phenols is 1. The number of rotatable bonds is 4. The van der Waals surface area contributed by atoms with Crippen molar-refractivity contribution in [3.05, 3.63) is 83.4 Å². The SMILES string of the molecule is C=C(C(=O)O)c1cc(C)c(O)c2c(Cc3ccccc3)cccc12. The van der Waals surface area contributed by atoms with Gasteiger partial charge in [0.05, 0.1) is 5.57 Å². The van der Waals surface area contributed by atoms with Crippen molar-refractivity contribution in [1.82, 2.24) is 0 Å². The number of aryl methyl sites for hydroxylation is 1. The van der Waals surface area contributed by atoms with Crippen molar-refractivity contribution < 1.29 is 15.0 Å². The molecule has 0 bridgehead atoms. The zero-order valence-electron chi connectivity index (χ0n) is 13.4. The van der Waals surface area contributed by atoms with Gasteiger partial charge >= 0.3 is 5.97 Å². The number of carboxylic acid groups (broad SMARTS) is 1. The zero-order valence-corrected chi connectivity index (χ0v) is 13.4. The summed E-state index contributed by atoms with van der Waals surface area (Å²) in [5.41, 5.74) is 3.30. The second-order valence-corrected chi connectivity index (χ2v) is 5.88. The van der Waals surface area contributed by atoms with Gasteiger partial charge in [0.2, 0.25) is 0 Å². The Bertz CT molecular complexity index is 940. The van der Waals surface area contributed by atoms with Gasteiger partial charge < -0.3 is 10.2 Å². The Hall–Kier alpha value is -3.07. The van der Waals surface area contributed by atoms with Gasteiger partial charge in [-0.3, -0.25) is 0 Å². The fourth-order valence-electron chi connectivity index (χ4n) is 2.99. The molecule has 0 aliphatic heterocycles. The molecule has 0 radical (unpaired) electrons. The quantitative estimate of drug-likeness (QED) is 0.694. The molecule has 0 aliphatic carbocycles. The molecule has 0 saturated heterocycles. The summed E-state index contributed by atoms with van der Waals surface area (Å²) in [6.07, 6.45) is 0.661. The van der Waals surface area contributed by atoms with Crippen LogP contribution in [0.2, 0.25) is 0 Å². The number of phenolic OH excluding ortho intramolecular Hbond substituents is 1. The van der Waals surface area contributed by atoms with E-state index in [0.29, 0.717) is 28.3 Å². The number of fused-ring (bicyclic) bond motifs is 1. The summed E-state index contributed by atoms with van der Waals surface area (Å²) in [6.45, 7) is 5.45. The van der Waals surface area contributed by atoms with E-state index < -0.39 is 5.97 Å². The van der Waals surface area contributed by atoms with Crippen LogP contribution in [-0.4, -0.2) is 16.2 Å². The zero-order chi connectivity index (χ0) is 17.3. The summed E-state index contributed by atoms with van der Waals surface area (Å²) in [4.78, 5) is 11.4. The lowest BCUT2D eigenvalue weighted by Crippen LogP contribution is -2.01. The van der Waals surface area contributed by atoms with Crippen molar-refractivity contribution in [1.29, 1.82) is 0 Å². The van der Waals surface area contributed by atoms with Crippen LogP contribution in [0.25, 0.3) is 16.3 Å². The number of hydrogen-bond donors (Lipinski definition) is 2. The highest BCUT2D eigenvalue weighted by molar-refractivity contribution is 6.19. The molecular weight excluding hydrogens is 300 g/mol. The van der Waals surface area contributed by atoms with Gasteiger partial charge in [0.25, 0.3) is 0 Å². The van der Waals surface area contributed by atoms with Gasteiger partial charge in [-0.15, -0.1) is 0 Å². The fourth-order valence-corrected chi connectivity index (χ4v) is 2.99. The largest absolute Gasteiger partial charge is 0.507 e. The summed E-state index contributed by atoms with van der Waals surface area (Å²) in [7, 11) is 0. The second-order valence-electron chi connectivity index (χ2n) is 5.88. The summed E-state index contributed by atoms with van der Waals surface area (Å²) in [5, 5.41) is 21.3. The maximum absolute atomic E-state index is 11.4. The van der Waals surface area contributed by atoms with Gasteiger partial charge in [-0.25, -0.2) is 4.79 Å². The summed E-state index contributed by atoms with van der Waals surface area (Å²) < 4.78 is 0. The average Bonchev–Trinajstić information content (AvgIpc) is 2.58. The van der Waals surface area contributed by atoms with Crippen LogP contribution in [-0.2, 0) is 11.2 Å². The van der Waals surface area contributed by atoms with Crippen molar-refractivity contribution in [3.63, 3.8) is 0 Å². The minimum absolute atomic E-state index is 0.0277. The van der Waals surface area contributed by atoms with Gasteiger partial charge in [-0.1, -0.05) is 55.1 Å². The highest BCUT2D eigenvalue weighted by Crippen LogP contribution is 2.37. The van der Waals surface area contributed by atoms with Crippen LogP contribution in [0.15, 0.2) is 61.2 Å². The lowest BCUT2D eigenvalue weighted by atomic mass is 9.91. The molecule has 0 amide bonds. The number of carboxylic acids is 1. The molecule has 0 aliphatic rings. The molecular formula is C21H18O3. The van der Waals surface area contributed by atoms with E-state index in [1.54, 1.807) is 13.0 Å². The van der Waals surface area contributed by atoms with Crippen molar-refractivity contribution in [2.24, 2.45) is 0 Å². The number of benzene rings is 3. The predicted octanol–water partition coefficient (Wildman–Crippen LogP) is 4.54. The molecule has 3 rings (SSSR count). The van der Waals surface area contributed by atoms with E-state index in [2.05, 4.69) is 6.58 Å². The molecule has 120 valence electrons. The third-order valence-corrected chi connectivity index (χ3v) is 4.23. The molecule has 3 aromatic carbocycles. The maximum atomic E-state index is 11.4. The van der Waals surface area contributed by atoms with E-state index >= 15 is 0 Å². The van der Waals surface area contributed by atoms with Gasteiger partial charge in [-0.2, -0.15) is 0 Å². The van der Waals surface area contributed by atoms with Crippen LogP contribution >= 0.6 is 0 Å². The molecule has 0 heterocycles. The van der Waals surface area contributed by atoms with Gasteiger partial charge in [0.1, 0.15) is 5.75 Å². The fraction of sp³-hybridized carbons (Fsp3) is 0.0952. The maximum Gasteiger partial charge on any atom is 0.335 e. The lowest BCUT2D eigenvalue weighted by Gasteiger charge is -2.15. The summed E-state index contributed by atoms with van der Waals surface area (Å²) in [5.74, 6) is -0.867. The first-order valence-electron chi connectivity index (χ1n) is 7.69. The van der Waals surface area contributed by atoms with Crippen LogP contribution < -0.4 is 0 Å². The Morgan fingerprint density at radius 1 is 1.08 bits per heavy atom. The van der Waals surface area contributed by atoms with Crippen molar-refractivity contribution >= 4 is 22.3 Å². The Morgan fingerprint density at radius 3 is 2.46 bits per heavy atom. The summed E-state index contributed by atoms with van der Waals surface area (Å²) >= 11 is 0. The van der Waals surface area contributed by atoms with Crippen molar-refractivity contribution in [3.8, 4) is 5.75 Å². The first kappa shape index (κ1) is 15.8. The molecule has 24 heavy (non-hydrogen) atoms. The first-order chi connectivity index (χ1) is 11.5. The lowest BCUT2D eigenvalue weighted by molar-refractivity contribution is -0.130. The highest BCUT2D eigenvalue weighted by atomic mass is 16.4. The van der Waals surface area contributed by atoms with Gasteiger partial charge in [0, 0.05) is 5.39 Å². The molecule has 0 aromatic heterocycles. The van der Waals surface area contributed by atoms with Crippen LogP contribution in [0, 0.1) is 6.92 Å². The molecule has 2 N–H and O–H groups in total. The van der Waals surface area contributed by atoms with E-state index in [1.165, 1.54) is 0 Å². The van der Waals surface area contributed by atoms with E-state index in [1.807, 2.05) is 48.5 Å². The monoisotopic (exact) mass is 318 g/mol. The number of carbonyl (C=O) groups is 1. The second kappa shape index (κ2) is 6.20. The number of aromatic hydroxyl groups is 1. The van der Waals surface area contributed by atoms with E-state index in [4.69, 9.17) is 0 Å². The molecule has 3 heteroatoms. The van der Waals surface area contributed by atoms with E-state index in [0.717, 1.165) is 11.1 Å². The van der Waals surface area contributed by atoms with Crippen LogP contribution in [0.5, 0.6) is 5.75 Å². The van der Waals surface area contributed by atoms with E-state index in [-0.39, 0.29) is 11.3 Å². The Balaban J connectivity index is 2.25. The van der Waals surface area contributed by atoms with Gasteiger partial charge in [-0.05, 0) is 47.1 Å². The first-order valence-corrected chi connectivity index (χ1v) is 7.69. The Labute approximate surface area is 140 Å². The van der Waals surface area contributed by atoms with Crippen molar-refractivity contribution in [2.45, 2.75) is 13.3 Å². The molecule has 0 spiro atoms. The van der Waals surface area contributed by atoms with Crippen LogP contribution in [0.4, 0.5) is 0 Å². The van der Waals surface area contributed by atoms with Crippen molar-refractivity contribution in [2.75, 3.05) is 0 Å². The highest BCUT2D eigenvalue weighted by Gasteiger charge is 2.17. The number of aliphatic carboxylic acids is 1. The third-order valence-electron chi connectivity index (χ3n) is 4.23. The summed E-state index contributed by atoms with van der Waals surface area (Å²) in [6, 6.07) is 17.3. The van der Waals surface area contributed by atoms with Crippen LogP contribution in [0.3, 0.4) is 0 Å². The third kappa shape index (κ3) is 2.76. The molecule has 0 atom stereocenters. The average molecular weight is 318 g/mol. The Morgan fingerprint density at radius 2 is 1.79 bits per heavy atom. The molecule has 3 nitrogen and oxygen atoms in total. The van der Waals surface area contributed by atoms with Crippen LogP contribution in [0.1, 0.15) is 22.3 Å². The normalized spacial score (nSPS) is 10.7. The molecule has 0 unspecified atom stereocenters. The smallest absolute Gasteiger partial charge is 0.335 e. The topological polar surface area (TPSA) is 57.5 Å². The van der Waals surface area contributed by atoms with E-state index in [9.17, 15) is 15.0 Å². The molecule has 0 saturated carbocycles. The molecule has 0 fully saturated rings.